The Hall–Kier alpha value is -11.4. The van der Waals surface area contributed by atoms with Crippen LogP contribution in [0.5, 0.6) is 0 Å². The minimum Gasteiger partial charge on any atom is -0.394 e. The van der Waals surface area contributed by atoms with Gasteiger partial charge in [-0.1, -0.05) is 174 Å². The zero-order chi connectivity index (χ0) is 101. The predicted molar refractivity (Wildman–Crippen MR) is 529 cm³/mol. The fourth-order valence-electron chi connectivity index (χ4n) is 14.5. The number of rotatable bonds is 67. The summed E-state index contributed by atoms with van der Waals surface area (Å²) < 4.78 is 0. The third kappa shape index (κ3) is 44.3. The van der Waals surface area contributed by atoms with Crippen LogP contribution < -0.4 is 97.0 Å². The van der Waals surface area contributed by atoms with Crippen LogP contribution in [0.2, 0.25) is 0 Å². The summed E-state index contributed by atoms with van der Waals surface area (Å²) in [5, 5.41) is 71.5. The second-order valence-electron chi connectivity index (χ2n) is 33.3. The highest BCUT2D eigenvalue weighted by Gasteiger charge is 2.40. The molecule has 0 aliphatic rings. The molecule has 0 fully saturated rings. The molecule has 0 spiro atoms. The normalized spacial score (nSPS) is 14.6. The number of ketones is 1. The Balaban J connectivity index is 0.0000195. The number of benzene rings is 4. The van der Waals surface area contributed by atoms with Gasteiger partial charge in [0.2, 0.25) is 88.6 Å². The molecule has 5 aromatic rings. The average molecular weight is 1970 g/mol. The number of hydrogen-bond donors (Lipinski definition) is 25. The van der Waals surface area contributed by atoms with Gasteiger partial charge in [-0.3, -0.25) is 76.7 Å². The van der Waals surface area contributed by atoms with Crippen molar-refractivity contribution in [2.45, 2.75) is 280 Å². The number of primary amides is 1. The lowest BCUT2D eigenvalue weighted by molar-refractivity contribution is -0.138. The van der Waals surface area contributed by atoms with Crippen molar-refractivity contribution in [1.82, 2.24) is 84.7 Å². The summed E-state index contributed by atoms with van der Waals surface area (Å²) in [6.07, 6.45) is 7.46. The van der Waals surface area contributed by atoms with Crippen LogP contribution in [0.1, 0.15) is 179 Å². The fourth-order valence-corrected chi connectivity index (χ4v) is 15.3. The molecule has 756 valence electrons. The second kappa shape index (κ2) is 66.2. The van der Waals surface area contributed by atoms with Gasteiger partial charge in [0, 0.05) is 66.5 Å². The number of thiol groups is 3. The number of H-pyrrole nitrogens is 1. The van der Waals surface area contributed by atoms with E-state index in [0.29, 0.717) is 64.5 Å². The smallest absolute Gasteiger partial charge is 0.245 e. The molecule has 137 heavy (non-hydrogen) atoms. The Morgan fingerprint density at radius 1 is 0.394 bits per heavy atom. The van der Waals surface area contributed by atoms with Gasteiger partial charge in [-0.25, -0.2) is 0 Å². The van der Waals surface area contributed by atoms with Gasteiger partial charge in [0.1, 0.15) is 84.6 Å². The van der Waals surface area contributed by atoms with Crippen LogP contribution in [0.4, 0.5) is 0 Å². The molecule has 1 aromatic heterocycles. The predicted octanol–water partition coefficient (Wildman–Crippen LogP) is -0.383. The molecular weight excluding hydrogens is 1820 g/mol. The third-order valence-electron chi connectivity index (χ3n) is 22.2. The maximum absolute atomic E-state index is 15.5. The molecule has 39 nitrogen and oxygen atoms in total. The Morgan fingerprint density at radius 2 is 0.774 bits per heavy atom. The number of amides is 15. The Kier molecular flexibility index (Phi) is 57.0. The summed E-state index contributed by atoms with van der Waals surface area (Å²) in [6.45, 7) is 8.76. The van der Waals surface area contributed by atoms with E-state index >= 15 is 14.4 Å². The van der Waals surface area contributed by atoms with E-state index < -0.39 is 193 Å². The number of nitrogens with two attached hydrogens (primary N) is 3. The summed E-state index contributed by atoms with van der Waals surface area (Å²) in [4.78, 5) is 239. The minimum absolute atomic E-state index is 0.0839. The molecule has 25 N–H and O–H groups in total. The molecule has 15 amide bonds. The van der Waals surface area contributed by atoms with E-state index in [1.54, 1.807) is 128 Å². The van der Waals surface area contributed by atoms with Crippen molar-refractivity contribution in [3.05, 3.63) is 144 Å². The van der Waals surface area contributed by atoms with Gasteiger partial charge in [-0.2, -0.15) is 37.9 Å². The van der Waals surface area contributed by atoms with E-state index in [2.05, 4.69) is 123 Å². The number of aldehydes is 1. The third-order valence-corrected chi connectivity index (χ3v) is 23.4. The summed E-state index contributed by atoms with van der Waals surface area (Å²) in [5.41, 5.74) is 20.0. The van der Waals surface area contributed by atoms with Crippen LogP contribution in [0.25, 0.3) is 10.9 Å². The lowest BCUT2D eigenvalue weighted by atomic mass is 10.00. The van der Waals surface area contributed by atoms with Crippen molar-refractivity contribution in [1.29, 1.82) is 0 Å². The molecular formula is C95H143N19O20S3. The molecule has 16 atom stereocenters. The van der Waals surface area contributed by atoms with Crippen LogP contribution in [0.15, 0.2) is 121 Å². The highest BCUT2D eigenvalue weighted by atomic mass is 32.1. The van der Waals surface area contributed by atoms with Gasteiger partial charge >= 0.3 is 0 Å². The molecule has 1 heterocycles. The van der Waals surface area contributed by atoms with Crippen molar-refractivity contribution in [2.24, 2.45) is 17.2 Å². The zero-order valence-corrected chi connectivity index (χ0v) is 81.6. The number of fused-ring (bicyclic) bond motifs is 1. The SMILES string of the molecule is CC.CC(=O)[C@H](CS)NCCCCCCCCCCCCC(=O)N[C@@H](C)C(=O)NCC(=O)N[C@@H](CS)C(=O)NC(CCCCN)C(=O)N[C@@H](CC(N)=O)C(=O)NC(Cc1ccccc1)C(=O)N[C@@H](Cc1ccccc1)C(=O)NC(Cc1c[nH]c2ccccc12)C(=O)N[C@@H](CCCCN)C(=O)N[C@H](C(=O)N[C@@H](Cc1ccccc1)C(=O)N[C@H](C(=O)N[C@@H](CO)C(=O)NC(C=O)CS)[C@@H](C)O)[C@@H](C)O. The summed E-state index contributed by atoms with van der Waals surface area (Å²) in [5.74, 6) is -14.3. The maximum Gasteiger partial charge on any atom is 0.245 e. The van der Waals surface area contributed by atoms with Gasteiger partial charge in [0.25, 0.3) is 0 Å². The molecule has 42 heteroatoms. The largest absolute Gasteiger partial charge is 0.394 e. The highest BCUT2D eigenvalue weighted by molar-refractivity contribution is 7.80. The van der Waals surface area contributed by atoms with Crippen molar-refractivity contribution in [3.63, 3.8) is 0 Å². The van der Waals surface area contributed by atoms with Crippen molar-refractivity contribution < 1.29 is 96.8 Å². The van der Waals surface area contributed by atoms with Crippen LogP contribution >= 0.6 is 37.9 Å². The number of aliphatic hydroxyl groups excluding tert-OH is 3. The van der Waals surface area contributed by atoms with Crippen LogP contribution in [0.3, 0.4) is 0 Å². The molecule has 0 radical (unpaired) electrons. The summed E-state index contributed by atoms with van der Waals surface area (Å²) in [7, 11) is 0. The first-order valence-corrected chi connectivity index (χ1v) is 48.6. The first-order chi connectivity index (χ1) is 65.7. The monoisotopic (exact) mass is 1970 g/mol. The highest BCUT2D eigenvalue weighted by Crippen LogP contribution is 2.22. The quantitative estimate of drug-likeness (QED) is 0.0134. The first kappa shape index (κ1) is 118. The van der Waals surface area contributed by atoms with Crippen molar-refractivity contribution in [3.8, 4) is 0 Å². The molecule has 0 saturated carbocycles. The molecule has 0 aliphatic carbocycles. The number of para-hydroxylation sites is 1. The number of nitrogens with one attached hydrogen (secondary N) is 16. The maximum atomic E-state index is 15.5. The zero-order valence-electron chi connectivity index (χ0n) is 78.9. The number of carbonyl (C=O) groups excluding carboxylic acids is 17. The van der Waals surface area contributed by atoms with Gasteiger partial charge in [0.05, 0.1) is 43.9 Å². The number of Topliss-reactive ketones (excluding diaryl/α,β-unsaturated/α-hetero) is 1. The summed E-state index contributed by atoms with van der Waals surface area (Å²) in [6, 6.07) is 11.2. The number of unbranched alkanes of at least 4 members (excludes halogenated alkanes) is 11. The minimum atomic E-state index is -1.90. The number of aromatic amines is 1. The van der Waals surface area contributed by atoms with Crippen LogP contribution in [0, 0.1) is 0 Å². The number of aliphatic hydroxyl groups is 3. The van der Waals surface area contributed by atoms with Gasteiger partial charge in [-0.15, -0.1) is 0 Å². The number of aromatic nitrogens is 1. The van der Waals surface area contributed by atoms with Crippen molar-refractivity contribution in [2.75, 3.05) is 50.0 Å². The molecule has 5 rings (SSSR count). The van der Waals surface area contributed by atoms with E-state index in [-0.39, 0.29) is 100 Å². The van der Waals surface area contributed by atoms with Gasteiger partial charge in [-0.05, 0) is 127 Å². The van der Waals surface area contributed by atoms with E-state index in [1.165, 1.54) is 6.92 Å². The number of carbonyl (C=O) groups is 17. The lowest BCUT2D eigenvalue weighted by Crippen LogP contribution is -2.63. The van der Waals surface area contributed by atoms with Crippen LogP contribution in [-0.4, -0.2) is 268 Å². The topological polar surface area (TPSA) is 625 Å². The first-order valence-electron chi connectivity index (χ1n) is 46.7. The Labute approximate surface area is 817 Å². The van der Waals surface area contributed by atoms with E-state index in [4.69, 9.17) is 17.2 Å². The van der Waals surface area contributed by atoms with Gasteiger partial charge < -0.3 is 122 Å². The molecule has 4 unspecified atom stereocenters. The molecule has 0 saturated heterocycles. The standard InChI is InChI=1S/C93H137N19O20S3.C2H6/c1-56(100-78(119)40-22-11-9-7-5-6-8-10-12-29-43-97-75(54-134)57(2)115)82(121)99-50-79(120)102-76(55-135)91(130)104-67(38-25-27-41-94)83(122)108-73(48-77(96)118)88(127)106-69(44-60-30-16-13-17-31-60)85(124)105-70(45-61-32-18-14-19-33-61)86(125)107-72(47-63-49-98-66-37-24-23-36-65(63)66)87(126)103-68(39-26-28-42-95)84(123)111-80(58(3)116)92(131)109-71(46-62-34-20-15-21-35-62)89(128)112-81(59(4)117)93(132)110-74(52-114)90(129)101-64(51-113)53-133;1-2/h13-21,23-24,30-37,49,51,56,58-59,64,67-76,80-81,97-98,114,116-117,133-135H,5-12,22,25-29,38-48,50,52-55,94-95H2,1-4H3,(H2,96,118)(H,99,121)(H,100,119)(H,101,129)(H,102,120)(H,103,126)(H,104,130)(H,105,124)(H,106,127)(H,107,125)(H,108,122)(H,109,131)(H,110,132)(H,111,123)(H,112,128);1-2H3/t56-,58+,59+,64?,67?,68-,69?,70-,71-,72?,73-,74-,75-,76-,80-,81-;/m0./s1. The lowest BCUT2D eigenvalue weighted by Gasteiger charge is -2.29. The van der Waals surface area contributed by atoms with E-state index in [0.717, 1.165) is 78.2 Å². The van der Waals surface area contributed by atoms with Crippen molar-refractivity contribution >= 4 is 149 Å². The molecule has 4 aromatic carbocycles. The Morgan fingerprint density at radius 3 is 1.20 bits per heavy atom. The number of hydrogen-bond acceptors (Lipinski definition) is 26. The van der Waals surface area contributed by atoms with E-state index in [9.17, 15) is 82.4 Å². The second-order valence-corrected chi connectivity index (χ2v) is 34.4. The van der Waals surface area contributed by atoms with Crippen LogP contribution in [-0.2, 0) is 107 Å². The van der Waals surface area contributed by atoms with E-state index in [1.807, 2.05) is 13.8 Å². The van der Waals surface area contributed by atoms with Gasteiger partial charge in [0.15, 0.2) is 0 Å². The molecule has 0 aliphatic heterocycles. The Bertz CT molecular complexity index is 4620. The fraction of sp³-hybridized carbons (Fsp3) is 0.547. The summed E-state index contributed by atoms with van der Waals surface area (Å²) >= 11 is 12.5. The average Bonchev–Trinajstić information content (AvgIpc) is 1.69. The molecule has 0 bridgehead atoms.